The molecule has 0 aromatic carbocycles. The molecule has 0 spiro atoms. The molecule has 1 aliphatic heterocycles. The van der Waals surface area contributed by atoms with Crippen LogP contribution < -0.4 is 5.32 Å². The molecule has 7 heteroatoms. The number of hydrogen-bond acceptors (Lipinski definition) is 2. The zero-order valence-electron chi connectivity index (χ0n) is 11.8. The quantitative estimate of drug-likeness (QED) is 0.525. The van der Waals surface area contributed by atoms with Crippen molar-refractivity contribution in [2.75, 3.05) is 0 Å². The third-order valence-electron chi connectivity index (χ3n) is 2.63. The van der Waals surface area contributed by atoms with Gasteiger partial charge in [-0.2, -0.15) is 0 Å². The van der Waals surface area contributed by atoms with E-state index < -0.39 is 7.25 Å². The minimum Gasteiger partial charge on any atom is -0.418 e. The molecule has 0 aliphatic carbocycles. The summed E-state index contributed by atoms with van der Waals surface area (Å²) < 4.78 is 39.0. The lowest BCUT2D eigenvalue weighted by molar-refractivity contribution is 0.192. The molecule has 1 aliphatic rings. The van der Waals surface area contributed by atoms with Gasteiger partial charge in [0, 0.05) is 0 Å². The summed E-state index contributed by atoms with van der Waals surface area (Å²) in [4.78, 5) is 4.52. The number of aliphatic imine (C=N–C) groups is 1. The van der Waals surface area contributed by atoms with Crippen molar-refractivity contribution in [2.45, 2.75) is 53.6 Å². The average Bonchev–Trinajstić information content (AvgIpc) is 2.43. The second-order valence-corrected chi connectivity index (χ2v) is 6.59. The molecule has 0 aromatic heterocycles. The van der Waals surface area contributed by atoms with Gasteiger partial charge in [-0.1, -0.05) is 41.5 Å². The van der Waals surface area contributed by atoms with Gasteiger partial charge >= 0.3 is 7.25 Å². The van der Waals surface area contributed by atoms with E-state index in [0.29, 0.717) is 12.1 Å². The summed E-state index contributed by atoms with van der Waals surface area (Å²) in [7, 11) is -6.00. The molecule has 18 heavy (non-hydrogen) atoms. The molecule has 1 heterocycles. The molecule has 0 saturated heterocycles. The fraction of sp³-hybridized carbons (Fsp3) is 0.909. The molecule has 0 aromatic rings. The topological polar surface area (TPSA) is 24.4 Å². The maximum absolute atomic E-state index is 9.75. The Morgan fingerprint density at radius 2 is 1.33 bits per heavy atom. The average molecular weight is 269 g/mol. The third kappa shape index (κ3) is 6.86. The fourth-order valence-corrected chi connectivity index (χ4v) is 1.83. The lowest BCUT2D eigenvalue weighted by Crippen LogP contribution is -2.48. The van der Waals surface area contributed by atoms with Crippen LogP contribution in [-0.4, -0.2) is 25.7 Å². The van der Waals surface area contributed by atoms with Crippen molar-refractivity contribution < 1.29 is 17.3 Å². The number of nitrogens with zero attached hydrogens (tertiary/aromatic N) is 1. The molecule has 0 bridgehead atoms. The van der Waals surface area contributed by atoms with Crippen LogP contribution in [0.15, 0.2) is 4.99 Å². The van der Waals surface area contributed by atoms with E-state index in [1.807, 2.05) is 6.34 Å². The highest BCUT2D eigenvalue weighted by Crippen LogP contribution is 2.34. The van der Waals surface area contributed by atoms with Crippen LogP contribution >= 0.6 is 0 Å². The highest BCUT2D eigenvalue weighted by atomic mass is 19.5. The highest BCUT2D eigenvalue weighted by molar-refractivity contribution is 6.50. The summed E-state index contributed by atoms with van der Waals surface area (Å²) >= 11 is 0. The molecule has 0 amide bonds. The van der Waals surface area contributed by atoms with Crippen molar-refractivity contribution in [3.63, 3.8) is 0 Å². The predicted molar refractivity (Wildman–Crippen MR) is 68.3 cm³/mol. The lowest BCUT2D eigenvalue weighted by atomic mass is 9.74. The second-order valence-electron chi connectivity index (χ2n) is 6.59. The van der Waals surface area contributed by atoms with Crippen molar-refractivity contribution in [2.24, 2.45) is 15.8 Å². The monoisotopic (exact) mass is 269 g/mol. The van der Waals surface area contributed by atoms with Crippen LogP contribution in [0.4, 0.5) is 17.3 Å². The molecule has 2 nitrogen and oxygen atoms in total. The highest BCUT2D eigenvalue weighted by Gasteiger charge is 2.40. The molecular weight excluding hydrogens is 247 g/mol. The van der Waals surface area contributed by atoms with Crippen LogP contribution in [0.3, 0.4) is 0 Å². The zero-order chi connectivity index (χ0) is 14.8. The van der Waals surface area contributed by atoms with E-state index in [0.717, 1.165) is 0 Å². The number of rotatable bonds is 0. The molecule has 1 N–H and O–H groups in total. The van der Waals surface area contributed by atoms with Crippen LogP contribution in [0.25, 0.3) is 0 Å². The smallest absolute Gasteiger partial charge is 0.418 e. The van der Waals surface area contributed by atoms with E-state index in [2.05, 4.69) is 51.9 Å². The van der Waals surface area contributed by atoms with Crippen molar-refractivity contribution in [1.29, 1.82) is 0 Å². The van der Waals surface area contributed by atoms with E-state index in [1.54, 1.807) is 0 Å². The maximum Gasteiger partial charge on any atom is 0.673 e. The molecule has 0 radical (unpaired) electrons. The van der Waals surface area contributed by atoms with Crippen molar-refractivity contribution in [1.82, 2.24) is 5.32 Å². The summed E-state index contributed by atoms with van der Waals surface area (Å²) in [5.74, 6) is 0. The molecular formula is C11H22BF4N2-. The van der Waals surface area contributed by atoms with Crippen LogP contribution in [-0.2, 0) is 0 Å². The Morgan fingerprint density at radius 1 is 0.944 bits per heavy atom. The first-order valence-corrected chi connectivity index (χ1v) is 5.88. The van der Waals surface area contributed by atoms with Gasteiger partial charge < -0.3 is 22.6 Å². The number of nitrogens with one attached hydrogen (secondary N) is 1. The summed E-state index contributed by atoms with van der Waals surface area (Å²) in [5, 5.41) is 3.36. The van der Waals surface area contributed by atoms with Crippen LogP contribution in [0.5, 0.6) is 0 Å². The van der Waals surface area contributed by atoms with Gasteiger partial charge in [-0.3, -0.25) is 4.99 Å². The zero-order valence-corrected chi connectivity index (χ0v) is 11.8. The van der Waals surface area contributed by atoms with Gasteiger partial charge in [0.05, 0.1) is 18.4 Å². The van der Waals surface area contributed by atoms with Crippen molar-refractivity contribution in [3.8, 4) is 0 Å². The van der Waals surface area contributed by atoms with E-state index >= 15 is 0 Å². The standard InChI is InChI=1S/C11H22N2.BF4/c1-10(2,3)8-9(11(4,5)6)13-7-12-8;2-1(3,4)5/h7-9H,1-6H3,(H,12,13);/q;-1. The molecule has 2 unspecified atom stereocenters. The first-order chi connectivity index (χ1) is 7.73. The van der Waals surface area contributed by atoms with E-state index in [-0.39, 0.29) is 10.8 Å². The Bertz CT molecular complexity index is 283. The Morgan fingerprint density at radius 3 is 1.56 bits per heavy atom. The Labute approximate surface area is 106 Å². The second kappa shape index (κ2) is 5.49. The molecule has 108 valence electrons. The molecule has 0 saturated carbocycles. The summed E-state index contributed by atoms with van der Waals surface area (Å²) in [6, 6.07) is 0.861. The minimum atomic E-state index is -6.00. The summed E-state index contributed by atoms with van der Waals surface area (Å²) in [6.45, 7) is 13.5. The van der Waals surface area contributed by atoms with Gasteiger partial charge in [-0.25, -0.2) is 0 Å². The molecule has 1 rings (SSSR count). The number of hydrogen-bond donors (Lipinski definition) is 1. The van der Waals surface area contributed by atoms with Crippen LogP contribution in [0, 0.1) is 10.8 Å². The fourth-order valence-electron chi connectivity index (χ4n) is 1.83. The Hall–Kier alpha value is -0.745. The number of halogens is 4. The lowest BCUT2D eigenvalue weighted by Gasteiger charge is -2.37. The normalized spacial score (nSPS) is 24.3. The minimum absolute atomic E-state index is 0.248. The first-order valence-electron chi connectivity index (χ1n) is 5.88. The predicted octanol–water partition coefficient (Wildman–Crippen LogP) is 3.75. The van der Waals surface area contributed by atoms with Crippen LogP contribution in [0.2, 0.25) is 0 Å². The van der Waals surface area contributed by atoms with Gasteiger partial charge in [0.1, 0.15) is 0 Å². The SMILES string of the molecule is CC(C)(C)C1N=CNC1C(C)(C)C.F[B-](F)(F)F. The van der Waals surface area contributed by atoms with Gasteiger partial charge in [0.2, 0.25) is 0 Å². The van der Waals surface area contributed by atoms with E-state index in [4.69, 9.17) is 0 Å². The first kappa shape index (κ1) is 17.3. The van der Waals surface area contributed by atoms with Crippen molar-refractivity contribution >= 4 is 13.6 Å². The van der Waals surface area contributed by atoms with Crippen LogP contribution in [0.1, 0.15) is 41.5 Å². The largest absolute Gasteiger partial charge is 0.673 e. The van der Waals surface area contributed by atoms with Gasteiger partial charge in [-0.15, -0.1) is 0 Å². The van der Waals surface area contributed by atoms with Crippen molar-refractivity contribution in [3.05, 3.63) is 0 Å². The molecule has 2 atom stereocenters. The summed E-state index contributed by atoms with van der Waals surface area (Å²) in [6.07, 6.45) is 1.87. The van der Waals surface area contributed by atoms with E-state index in [9.17, 15) is 17.3 Å². The third-order valence-corrected chi connectivity index (χ3v) is 2.63. The Balaban J connectivity index is 0.000000494. The maximum atomic E-state index is 9.75. The van der Waals surface area contributed by atoms with Gasteiger partial charge in [0.25, 0.3) is 0 Å². The van der Waals surface area contributed by atoms with Gasteiger partial charge in [0.15, 0.2) is 0 Å². The summed E-state index contributed by atoms with van der Waals surface area (Å²) in [5.41, 5.74) is 0.520. The van der Waals surface area contributed by atoms with E-state index in [1.165, 1.54) is 0 Å². The molecule has 0 fully saturated rings. The van der Waals surface area contributed by atoms with Gasteiger partial charge in [-0.05, 0) is 10.8 Å². The Kier molecular flexibility index (Phi) is 5.26.